The summed E-state index contributed by atoms with van der Waals surface area (Å²) < 4.78 is 18.2. The fourth-order valence-electron chi connectivity index (χ4n) is 2.51. The van der Waals surface area contributed by atoms with Gasteiger partial charge in [0, 0.05) is 24.2 Å². The van der Waals surface area contributed by atoms with Gasteiger partial charge in [0.05, 0.1) is 0 Å². The Morgan fingerprint density at radius 1 is 1.15 bits per heavy atom. The molecule has 0 fully saturated rings. The Labute approximate surface area is 157 Å². The van der Waals surface area contributed by atoms with E-state index in [1.54, 1.807) is 12.1 Å². The number of aryl methyl sites for hydroxylation is 3. The maximum Gasteiger partial charge on any atom is 0.227 e. The van der Waals surface area contributed by atoms with E-state index in [-0.39, 0.29) is 5.82 Å². The van der Waals surface area contributed by atoms with Crippen molar-refractivity contribution in [2.45, 2.75) is 26.7 Å². The molecule has 0 aliphatic rings. The zero-order valence-electron chi connectivity index (χ0n) is 15.4. The Morgan fingerprint density at radius 3 is 2.67 bits per heavy atom. The minimum absolute atomic E-state index is 0.299. The number of nitrogens with one attached hydrogen (secondary N) is 1. The van der Waals surface area contributed by atoms with Crippen molar-refractivity contribution in [3.8, 4) is 11.4 Å². The molecule has 7 heteroatoms. The average molecular weight is 367 g/mol. The van der Waals surface area contributed by atoms with Gasteiger partial charge in [-0.05, 0) is 67.8 Å². The molecular weight excluding hydrogens is 345 g/mol. The normalized spacial score (nSPS) is 11.6. The lowest BCUT2D eigenvalue weighted by Crippen LogP contribution is -2.23. The molecule has 0 unspecified atom stereocenters. The van der Waals surface area contributed by atoms with Crippen LogP contribution in [0.2, 0.25) is 0 Å². The van der Waals surface area contributed by atoms with Gasteiger partial charge in [-0.15, -0.1) is 0 Å². The number of nitrogens with zero attached hydrogens (tertiary/aromatic N) is 3. The standard InChI is InChI=1S/C20H22FN5O/c1-13-5-10-17(12-14(13)2)24-20(22)23-11-3-4-18-25-19(26-27-18)15-6-8-16(21)9-7-15/h5-10,12H,3-4,11H2,1-2H3,(H3,22,23,24). The molecule has 3 aromatic rings. The number of benzene rings is 2. The van der Waals surface area contributed by atoms with Crippen LogP contribution >= 0.6 is 0 Å². The first kappa shape index (κ1) is 18.6. The zero-order valence-corrected chi connectivity index (χ0v) is 15.4. The Morgan fingerprint density at radius 2 is 1.93 bits per heavy atom. The van der Waals surface area contributed by atoms with Crippen molar-refractivity contribution in [1.82, 2.24) is 10.1 Å². The first-order chi connectivity index (χ1) is 13.0. The topological polar surface area (TPSA) is 89.3 Å². The van der Waals surface area contributed by atoms with Crippen molar-refractivity contribution in [1.29, 1.82) is 0 Å². The molecule has 0 saturated carbocycles. The zero-order chi connectivity index (χ0) is 19.2. The molecule has 0 saturated heterocycles. The smallest absolute Gasteiger partial charge is 0.227 e. The molecule has 3 N–H and O–H groups in total. The van der Waals surface area contributed by atoms with Gasteiger partial charge in [-0.1, -0.05) is 11.2 Å². The highest BCUT2D eigenvalue weighted by molar-refractivity contribution is 5.92. The van der Waals surface area contributed by atoms with Crippen molar-refractivity contribution in [3.63, 3.8) is 0 Å². The summed E-state index contributed by atoms with van der Waals surface area (Å²) in [6.45, 7) is 4.66. The lowest BCUT2D eigenvalue weighted by molar-refractivity contribution is 0.376. The molecular formula is C20H22FN5O. The summed E-state index contributed by atoms with van der Waals surface area (Å²) in [4.78, 5) is 8.63. The van der Waals surface area contributed by atoms with Crippen LogP contribution in [0.3, 0.4) is 0 Å². The van der Waals surface area contributed by atoms with Gasteiger partial charge < -0.3 is 15.6 Å². The van der Waals surface area contributed by atoms with E-state index in [1.807, 2.05) is 18.2 Å². The Hall–Kier alpha value is -3.22. The minimum atomic E-state index is -0.299. The van der Waals surface area contributed by atoms with Crippen molar-refractivity contribution in [3.05, 3.63) is 65.3 Å². The maximum absolute atomic E-state index is 13.0. The van der Waals surface area contributed by atoms with E-state index in [0.717, 1.165) is 12.1 Å². The highest BCUT2D eigenvalue weighted by Crippen LogP contribution is 2.17. The second-order valence-corrected chi connectivity index (χ2v) is 6.31. The molecule has 0 radical (unpaired) electrons. The maximum atomic E-state index is 13.0. The molecule has 1 heterocycles. The van der Waals surface area contributed by atoms with E-state index >= 15 is 0 Å². The number of nitrogens with two attached hydrogens (primary N) is 1. The van der Waals surface area contributed by atoms with E-state index in [2.05, 4.69) is 34.3 Å². The summed E-state index contributed by atoms with van der Waals surface area (Å²) in [7, 11) is 0. The van der Waals surface area contributed by atoms with Crippen LogP contribution < -0.4 is 11.1 Å². The first-order valence-electron chi connectivity index (χ1n) is 8.74. The molecule has 0 spiro atoms. The third kappa shape index (κ3) is 5.13. The molecule has 0 amide bonds. The first-order valence-corrected chi connectivity index (χ1v) is 8.74. The van der Waals surface area contributed by atoms with Crippen molar-refractivity contribution in [2.75, 3.05) is 11.9 Å². The molecule has 6 nitrogen and oxygen atoms in total. The Bertz CT molecular complexity index is 934. The number of aromatic nitrogens is 2. The molecule has 1 aromatic heterocycles. The molecule has 0 aliphatic carbocycles. The van der Waals surface area contributed by atoms with Crippen LogP contribution in [0.15, 0.2) is 52.0 Å². The number of rotatable bonds is 6. The van der Waals surface area contributed by atoms with Gasteiger partial charge in [-0.25, -0.2) is 4.39 Å². The summed E-state index contributed by atoms with van der Waals surface area (Å²) in [6, 6.07) is 12.0. The predicted octanol–water partition coefficient (Wildman–Crippen LogP) is 3.85. The monoisotopic (exact) mass is 367 g/mol. The molecule has 27 heavy (non-hydrogen) atoms. The SMILES string of the molecule is Cc1ccc(NC(N)=NCCCc2nc(-c3ccc(F)cc3)no2)cc1C. The molecule has 0 aliphatic heterocycles. The van der Waals surface area contributed by atoms with Gasteiger partial charge in [0.25, 0.3) is 0 Å². The number of halogens is 1. The van der Waals surface area contributed by atoms with Crippen LogP contribution in [0.4, 0.5) is 10.1 Å². The fourth-order valence-corrected chi connectivity index (χ4v) is 2.51. The van der Waals surface area contributed by atoms with Crippen LogP contribution in [0.1, 0.15) is 23.4 Å². The largest absolute Gasteiger partial charge is 0.370 e. The van der Waals surface area contributed by atoms with E-state index in [1.165, 1.54) is 23.3 Å². The molecule has 140 valence electrons. The van der Waals surface area contributed by atoms with Gasteiger partial charge >= 0.3 is 0 Å². The Kier molecular flexibility index (Phi) is 5.80. The summed E-state index contributed by atoms with van der Waals surface area (Å²) in [6.07, 6.45) is 1.31. The van der Waals surface area contributed by atoms with Gasteiger partial charge in [-0.2, -0.15) is 4.98 Å². The second kappa shape index (κ2) is 8.44. The van der Waals surface area contributed by atoms with E-state index in [0.29, 0.717) is 36.2 Å². The van der Waals surface area contributed by atoms with Crippen LogP contribution in [0.25, 0.3) is 11.4 Å². The lowest BCUT2D eigenvalue weighted by atomic mass is 10.1. The second-order valence-electron chi connectivity index (χ2n) is 6.31. The van der Waals surface area contributed by atoms with Gasteiger partial charge in [0.15, 0.2) is 5.96 Å². The minimum Gasteiger partial charge on any atom is -0.370 e. The summed E-state index contributed by atoms with van der Waals surface area (Å²) >= 11 is 0. The third-order valence-corrected chi connectivity index (χ3v) is 4.18. The summed E-state index contributed by atoms with van der Waals surface area (Å²) in [5, 5.41) is 7.00. The van der Waals surface area contributed by atoms with Crippen molar-refractivity contribution >= 4 is 11.6 Å². The number of hydrogen-bond donors (Lipinski definition) is 2. The van der Waals surface area contributed by atoms with Crippen LogP contribution in [-0.2, 0) is 6.42 Å². The van der Waals surface area contributed by atoms with E-state index < -0.39 is 0 Å². The average Bonchev–Trinajstić information content (AvgIpc) is 3.11. The van der Waals surface area contributed by atoms with Crippen molar-refractivity contribution < 1.29 is 8.91 Å². The number of anilines is 1. The lowest BCUT2D eigenvalue weighted by Gasteiger charge is -2.07. The fraction of sp³-hybridized carbons (Fsp3) is 0.250. The van der Waals surface area contributed by atoms with E-state index in [4.69, 9.17) is 10.3 Å². The number of hydrogen-bond acceptors (Lipinski definition) is 4. The summed E-state index contributed by atoms with van der Waals surface area (Å²) in [5.74, 6) is 1.04. The quantitative estimate of drug-likeness (QED) is 0.392. The van der Waals surface area contributed by atoms with Gasteiger partial charge in [0.1, 0.15) is 5.82 Å². The molecule has 0 bridgehead atoms. The van der Waals surface area contributed by atoms with E-state index in [9.17, 15) is 4.39 Å². The Balaban J connectivity index is 1.48. The van der Waals surface area contributed by atoms with Crippen LogP contribution in [0.5, 0.6) is 0 Å². The third-order valence-electron chi connectivity index (χ3n) is 4.18. The van der Waals surface area contributed by atoms with Crippen LogP contribution in [0, 0.1) is 19.7 Å². The van der Waals surface area contributed by atoms with Gasteiger partial charge in [0.2, 0.25) is 11.7 Å². The van der Waals surface area contributed by atoms with Gasteiger partial charge in [-0.3, -0.25) is 4.99 Å². The predicted molar refractivity (Wildman–Crippen MR) is 104 cm³/mol. The molecule has 2 aromatic carbocycles. The number of aliphatic imine (C=N–C) groups is 1. The highest BCUT2D eigenvalue weighted by atomic mass is 19.1. The summed E-state index contributed by atoms with van der Waals surface area (Å²) in [5.41, 5.74) is 9.98. The van der Waals surface area contributed by atoms with Crippen LogP contribution in [-0.4, -0.2) is 22.6 Å². The highest BCUT2D eigenvalue weighted by Gasteiger charge is 2.08. The van der Waals surface area contributed by atoms with Crippen molar-refractivity contribution in [2.24, 2.45) is 10.7 Å². The molecule has 0 atom stereocenters. The molecule has 3 rings (SSSR count). The number of guanidine groups is 1.